The van der Waals surface area contributed by atoms with E-state index in [1.54, 1.807) is 7.05 Å². The summed E-state index contributed by atoms with van der Waals surface area (Å²) in [6, 6.07) is 0. The van der Waals surface area contributed by atoms with Crippen LogP contribution in [-0.4, -0.2) is 21.9 Å². The van der Waals surface area contributed by atoms with Gasteiger partial charge in [-0.15, -0.1) is 10.2 Å². The van der Waals surface area contributed by atoms with E-state index in [1.807, 2.05) is 0 Å². The molecule has 0 bridgehead atoms. The minimum absolute atomic E-state index is 0.227. The van der Waals surface area contributed by atoms with Crippen LogP contribution in [0.4, 0.5) is 5.95 Å². The van der Waals surface area contributed by atoms with Gasteiger partial charge in [-0.3, -0.25) is 0 Å². The van der Waals surface area contributed by atoms with Crippen LogP contribution in [0, 0.1) is 0 Å². The van der Waals surface area contributed by atoms with E-state index in [9.17, 15) is 0 Å². The van der Waals surface area contributed by atoms with Gasteiger partial charge < -0.3 is 16.9 Å². The van der Waals surface area contributed by atoms with Crippen LogP contribution >= 0.6 is 0 Å². The van der Waals surface area contributed by atoms with Crippen LogP contribution in [0.3, 0.4) is 0 Å². The van der Waals surface area contributed by atoms with Crippen molar-refractivity contribution in [3.8, 4) is 0 Å². The predicted molar refractivity (Wildman–Crippen MR) is 37.3 cm³/mol. The summed E-state index contributed by atoms with van der Waals surface area (Å²) in [4.78, 5) is 0. The van der Waals surface area contributed by atoms with Crippen LogP contribution in [0.25, 0.3) is 0 Å². The second kappa shape index (κ2) is 2.53. The maximum Gasteiger partial charge on any atom is 0.240 e. The first-order valence-electron chi connectivity index (χ1n) is 2.85. The van der Waals surface area contributed by atoms with Gasteiger partial charge in [0.15, 0.2) is 5.82 Å². The van der Waals surface area contributed by atoms with Crippen LogP contribution in [0.1, 0.15) is 5.82 Å². The molecule has 0 unspecified atom stereocenters. The molecule has 0 atom stereocenters. The molecule has 0 aromatic carbocycles. The minimum Gasteiger partial charge on any atom is -0.366 e. The van der Waals surface area contributed by atoms with Gasteiger partial charge in [0, 0.05) is 0 Å². The SMILES string of the molecule is CNCc1nnc(N)n1N. The van der Waals surface area contributed by atoms with Crippen LogP contribution in [0.15, 0.2) is 0 Å². The van der Waals surface area contributed by atoms with E-state index in [1.165, 1.54) is 4.68 Å². The van der Waals surface area contributed by atoms with E-state index in [0.717, 1.165) is 0 Å². The summed E-state index contributed by atoms with van der Waals surface area (Å²) in [5, 5.41) is 10.1. The zero-order valence-corrected chi connectivity index (χ0v) is 5.70. The number of nitrogens with two attached hydrogens (primary N) is 2. The molecule has 1 rings (SSSR count). The van der Waals surface area contributed by atoms with Crippen molar-refractivity contribution in [3.63, 3.8) is 0 Å². The van der Waals surface area contributed by atoms with Crippen molar-refractivity contribution in [1.29, 1.82) is 0 Å². The highest BCUT2D eigenvalue weighted by molar-refractivity contribution is 5.16. The number of hydrogen-bond acceptors (Lipinski definition) is 5. The molecule has 6 nitrogen and oxygen atoms in total. The van der Waals surface area contributed by atoms with Gasteiger partial charge in [0.1, 0.15) is 0 Å². The molecule has 0 fully saturated rings. The van der Waals surface area contributed by atoms with Crippen LogP contribution < -0.4 is 16.9 Å². The van der Waals surface area contributed by atoms with Gasteiger partial charge in [-0.2, -0.15) is 0 Å². The molecule has 10 heavy (non-hydrogen) atoms. The van der Waals surface area contributed by atoms with E-state index >= 15 is 0 Å². The highest BCUT2D eigenvalue weighted by Crippen LogP contribution is 1.95. The van der Waals surface area contributed by atoms with Gasteiger partial charge in [-0.05, 0) is 7.05 Å². The lowest BCUT2D eigenvalue weighted by Gasteiger charge is -1.97. The molecule has 0 aliphatic rings. The van der Waals surface area contributed by atoms with E-state index in [4.69, 9.17) is 11.6 Å². The summed E-state index contributed by atoms with van der Waals surface area (Å²) in [7, 11) is 1.80. The van der Waals surface area contributed by atoms with Crippen LogP contribution in [-0.2, 0) is 6.54 Å². The van der Waals surface area contributed by atoms with Gasteiger partial charge in [-0.1, -0.05) is 0 Å². The molecule has 0 saturated heterocycles. The molecule has 1 aromatic heterocycles. The zero-order valence-electron chi connectivity index (χ0n) is 5.70. The number of nitrogens with zero attached hydrogens (tertiary/aromatic N) is 3. The lowest BCUT2D eigenvalue weighted by Crippen LogP contribution is -2.19. The fourth-order valence-electron chi connectivity index (χ4n) is 0.616. The van der Waals surface area contributed by atoms with Gasteiger partial charge in [0.2, 0.25) is 5.95 Å². The fourth-order valence-corrected chi connectivity index (χ4v) is 0.616. The van der Waals surface area contributed by atoms with Crippen molar-refractivity contribution in [2.24, 2.45) is 0 Å². The second-order valence-electron chi connectivity index (χ2n) is 1.87. The standard InChI is InChI=1S/C4H10N6/c1-7-2-3-8-9-4(5)10(3)6/h7H,2,6H2,1H3,(H2,5,9). The largest absolute Gasteiger partial charge is 0.366 e. The first kappa shape index (κ1) is 6.81. The molecule has 5 N–H and O–H groups in total. The Morgan fingerprint density at radius 1 is 1.60 bits per heavy atom. The maximum absolute atomic E-state index is 5.42. The third-order valence-corrected chi connectivity index (χ3v) is 1.13. The Bertz CT molecular complexity index is 216. The van der Waals surface area contributed by atoms with E-state index in [0.29, 0.717) is 12.4 Å². The highest BCUT2D eigenvalue weighted by atomic mass is 15.4. The van der Waals surface area contributed by atoms with Gasteiger partial charge >= 0.3 is 0 Å². The smallest absolute Gasteiger partial charge is 0.240 e. The highest BCUT2D eigenvalue weighted by Gasteiger charge is 2.02. The van der Waals surface area contributed by atoms with E-state index in [-0.39, 0.29) is 5.95 Å². The molecule has 0 amide bonds. The van der Waals surface area contributed by atoms with Gasteiger partial charge in [-0.25, -0.2) is 4.68 Å². The molecule has 0 saturated carbocycles. The lowest BCUT2D eigenvalue weighted by atomic mass is 10.6. The van der Waals surface area contributed by atoms with Crippen molar-refractivity contribution < 1.29 is 0 Å². The first-order valence-corrected chi connectivity index (χ1v) is 2.85. The summed E-state index contributed by atoms with van der Waals surface area (Å²) < 4.78 is 1.25. The molecule has 0 aliphatic heterocycles. The van der Waals surface area contributed by atoms with Crippen molar-refractivity contribution in [3.05, 3.63) is 5.82 Å². The zero-order chi connectivity index (χ0) is 7.56. The number of hydrogen-bond donors (Lipinski definition) is 3. The van der Waals surface area contributed by atoms with Gasteiger partial charge in [0.25, 0.3) is 0 Å². The normalized spacial score (nSPS) is 10.1. The Kier molecular flexibility index (Phi) is 1.72. The third kappa shape index (κ3) is 1.01. The van der Waals surface area contributed by atoms with E-state index in [2.05, 4.69) is 15.5 Å². The second-order valence-corrected chi connectivity index (χ2v) is 1.87. The molecule has 6 heteroatoms. The summed E-state index contributed by atoms with van der Waals surface area (Å²) in [5.74, 6) is 6.27. The molecule has 0 spiro atoms. The molecule has 1 heterocycles. The van der Waals surface area contributed by atoms with Crippen LogP contribution in [0.2, 0.25) is 0 Å². The van der Waals surface area contributed by atoms with E-state index < -0.39 is 0 Å². The molecular weight excluding hydrogens is 132 g/mol. The summed E-state index contributed by atoms with van der Waals surface area (Å²) in [6.45, 7) is 0.570. The topological polar surface area (TPSA) is 94.8 Å². The van der Waals surface area contributed by atoms with Crippen molar-refractivity contribution in [2.75, 3.05) is 18.6 Å². The monoisotopic (exact) mass is 142 g/mol. The van der Waals surface area contributed by atoms with Crippen LogP contribution in [0.5, 0.6) is 0 Å². The third-order valence-electron chi connectivity index (χ3n) is 1.13. The Morgan fingerprint density at radius 2 is 2.30 bits per heavy atom. The average Bonchev–Trinajstić information content (AvgIpc) is 2.20. The molecular formula is C4H10N6. The minimum atomic E-state index is 0.227. The Morgan fingerprint density at radius 3 is 2.70 bits per heavy atom. The number of anilines is 1. The summed E-state index contributed by atoms with van der Waals surface area (Å²) in [5.41, 5.74) is 5.31. The van der Waals surface area contributed by atoms with Crippen molar-refractivity contribution >= 4 is 5.95 Å². The summed E-state index contributed by atoms with van der Waals surface area (Å²) in [6.07, 6.45) is 0. The molecule has 0 aliphatic carbocycles. The Balaban J connectivity index is 2.83. The molecule has 1 aromatic rings. The quantitative estimate of drug-likeness (QED) is 0.427. The average molecular weight is 142 g/mol. The lowest BCUT2D eigenvalue weighted by molar-refractivity contribution is 0.727. The summed E-state index contributed by atoms with van der Waals surface area (Å²) >= 11 is 0. The number of nitrogens with one attached hydrogen (secondary N) is 1. The van der Waals surface area contributed by atoms with Gasteiger partial charge in [0.05, 0.1) is 6.54 Å². The predicted octanol–water partition coefficient (Wildman–Crippen LogP) is -1.71. The fraction of sp³-hybridized carbons (Fsp3) is 0.500. The molecule has 0 radical (unpaired) electrons. The van der Waals surface area contributed by atoms with Crippen molar-refractivity contribution in [2.45, 2.75) is 6.54 Å². The number of aromatic nitrogens is 3. The molecule has 56 valence electrons. The number of rotatable bonds is 2. The Labute approximate surface area is 58.2 Å². The van der Waals surface area contributed by atoms with Crippen molar-refractivity contribution in [1.82, 2.24) is 20.2 Å². The number of nitrogen functional groups attached to an aromatic ring is 2. The Hall–Kier alpha value is -1.30. The first-order chi connectivity index (χ1) is 4.75. The maximum atomic E-state index is 5.42.